The molecule has 2 amide bonds. The van der Waals surface area contributed by atoms with Gasteiger partial charge in [0.05, 0.1) is 21.3 Å². The molecule has 0 unspecified atom stereocenters. The van der Waals surface area contributed by atoms with Crippen molar-refractivity contribution in [1.82, 2.24) is 0 Å². The van der Waals surface area contributed by atoms with Crippen LogP contribution in [0, 0.1) is 24.0 Å². The molecule has 3 N–H and O–H groups in total. The summed E-state index contributed by atoms with van der Waals surface area (Å²) in [5.74, 6) is 0. The number of urea groups is 1. The minimum Gasteiger partial charge on any atom is -0.350 e. The topological polar surface area (TPSA) is 102 Å². The number of nitrogens with two attached hydrogens (primary N) is 1. The number of carbonyl (C=O) groups excluding carboxylic acids is 1. The first-order chi connectivity index (χ1) is 10.8. The van der Waals surface area contributed by atoms with Crippen LogP contribution in [0.4, 0.5) is 21.9 Å². The molecule has 0 aliphatic carbocycles. The van der Waals surface area contributed by atoms with Crippen molar-refractivity contribution in [3.05, 3.63) is 62.7 Å². The maximum Gasteiger partial charge on any atom is 0.338 e. The van der Waals surface area contributed by atoms with Crippen molar-refractivity contribution in [1.29, 1.82) is 0 Å². The quantitative estimate of drug-likeness (QED) is 0.656. The molecule has 0 aliphatic heterocycles. The Morgan fingerprint density at radius 1 is 1.30 bits per heavy atom. The van der Waals surface area contributed by atoms with Crippen molar-refractivity contribution in [3.63, 3.8) is 0 Å². The molecular formula is C15H15ClN4O3. The fourth-order valence-corrected chi connectivity index (χ4v) is 2.52. The monoisotopic (exact) mass is 334 g/mol. The van der Waals surface area contributed by atoms with Crippen LogP contribution in [0.15, 0.2) is 36.4 Å². The maximum absolute atomic E-state index is 11.8. The number of benzene rings is 2. The highest BCUT2D eigenvalue weighted by molar-refractivity contribution is 6.34. The lowest BCUT2D eigenvalue weighted by Gasteiger charge is -2.25. The molecule has 0 saturated carbocycles. The number of carbonyl (C=O) groups is 1. The highest BCUT2D eigenvalue weighted by atomic mass is 35.5. The third-order valence-electron chi connectivity index (χ3n) is 3.15. The molecule has 23 heavy (non-hydrogen) atoms. The third kappa shape index (κ3) is 3.70. The number of hydrogen-bond acceptors (Lipinski definition) is 4. The smallest absolute Gasteiger partial charge is 0.338 e. The SMILES string of the molecule is Cc1cccc(NN(C(N)=O)c2c(C)cc([N+](=O)[O-])cc2Cl)c1. The number of nitro groups is 1. The van der Waals surface area contributed by atoms with Gasteiger partial charge in [0.2, 0.25) is 0 Å². The number of aryl methyl sites for hydroxylation is 2. The summed E-state index contributed by atoms with van der Waals surface area (Å²) in [6.07, 6.45) is 0. The Kier molecular flexibility index (Phi) is 4.71. The Balaban J connectivity index is 2.46. The van der Waals surface area contributed by atoms with Gasteiger partial charge in [-0.2, -0.15) is 0 Å². The molecule has 120 valence electrons. The molecule has 0 bridgehead atoms. The number of non-ortho nitro benzene ring substituents is 1. The highest BCUT2D eigenvalue weighted by Crippen LogP contribution is 2.34. The molecule has 7 nitrogen and oxygen atoms in total. The van der Waals surface area contributed by atoms with E-state index in [4.69, 9.17) is 17.3 Å². The van der Waals surface area contributed by atoms with E-state index in [1.807, 2.05) is 25.1 Å². The van der Waals surface area contributed by atoms with Crippen molar-refractivity contribution >= 4 is 34.7 Å². The second-order valence-corrected chi connectivity index (χ2v) is 5.41. The lowest BCUT2D eigenvalue weighted by molar-refractivity contribution is -0.384. The Morgan fingerprint density at radius 2 is 2.00 bits per heavy atom. The summed E-state index contributed by atoms with van der Waals surface area (Å²) in [6.45, 7) is 3.52. The summed E-state index contributed by atoms with van der Waals surface area (Å²) in [6, 6.07) is 9.03. The molecule has 0 spiro atoms. The van der Waals surface area contributed by atoms with E-state index in [1.165, 1.54) is 12.1 Å². The largest absolute Gasteiger partial charge is 0.350 e. The van der Waals surface area contributed by atoms with Crippen LogP contribution in [-0.2, 0) is 0 Å². The molecule has 0 radical (unpaired) electrons. The normalized spacial score (nSPS) is 10.2. The number of nitrogens with one attached hydrogen (secondary N) is 1. The first kappa shape index (κ1) is 16.6. The minimum atomic E-state index is -0.787. The molecular weight excluding hydrogens is 320 g/mol. The zero-order chi connectivity index (χ0) is 17.1. The lowest BCUT2D eigenvalue weighted by Crippen LogP contribution is -2.41. The van der Waals surface area contributed by atoms with Gasteiger partial charge in [-0.15, -0.1) is 0 Å². The van der Waals surface area contributed by atoms with Crippen LogP contribution in [0.3, 0.4) is 0 Å². The number of rotatable bonds is 4. The van der Waals surface area contributed by atoms with Crippen molar-refractivity contribution in [2.45, 2.75) is 13.8 Å². The first-order valence-electron chi connectivity index (χ1n) is 6.67. The molecule has 2 aromatic rings. The standard InChI is InChI=1S/C15H15ClN4O3/c1-9-4-3-5-11(6-9)18-19(15(17)21)14-10(2)7-12(20(22)23)8-13(14)16/h3-8,18H,1-2H3,(H2,17,21). The van der Waals surface area contributed by atoms with Gasteiger partial charge in [-0.05, 0) is 37.1 Å². The number of primary amides is 1. The zero-order valence-corrected chi connectivity index (χ0v) is 13.3. The van der Waals surface area contributed by atoms with Crippen LogP contribution in [0.25, 0.3) is 0 Å². The van der Waals surface area contributed by atoms with Gasteiger partial charge in [-0.3, -0.25) is 15.5 Å². The zero-order valence-electron chi connectivity index (χ0n) is 12.5. The average molecular weight is 335 g/mol. The third-order valence-corrected chi connectivity index (χ3v) is 3.44. The summed E-state index contributed by atoms with van der Waals surface area (Å²) >= 11 is 6.12. The number of amides is 2. The Labute approximate surface area is 137 Å². The van der Waals surface area contributed by atoms with Gasteiger partial charge in [0.25, 0.3) is 5.69 Å². The van der Waals surface area contributed by atoms with E-state index in [0.29, 0.717) is 11.3 Å². The van der Waals surface area contributed by atoms with Crippen molar-refractivity contribution in [3.8, 4) is 0 Å². The number of anilines is 2. The average Bonchev–Trinajstić information content (AvgIpc) is 2.45. The molecule has 0 saturated heterocycles. The summed E-state index contributed by atoms with van der Waals surface area (Å²) < 4.78 is 0. The highest BCUT2D eigenvalue weighted by Gasteiger charge is 2.22. The number of hydrazine groups is 1. The van der Waals surface area contributed by atoms with Gasteiger partial charge in [-0.25, -0.2) is 9.80 Å². The van der Waals surface area contributed by atoms with E-state index in [0.717, 1.165) is 10.6 Å². The Morgan fingerprint density at radius 3 is 2.52 bits per heavy atom. The number of hydrogen-bond donors (Lipinski definition) is 2. The predicted octanol–water partition coefficient (Wildman–Crippen LogP) is 3.78. The summed E-state index contributed by atoms with van der Waals surface area (Å²) in [5.41, 5.74) is 10.5. The van der Waals surface area contributed by atoms with Crippen LogP contribution in [0.5, 0.6) is 0 Å². The predicted molar refractivity (Wildman–Crippen MR) is 89.7 cm³/mol. The number of halogens is 1. The number of nitro benzene ring substituents is 1. The van der Waals surface area contributed by atoms with Gasteiger partial charge in [0.1, 0.15) is 0 Å². The van der Waals surface area contributed by atoms with Crippen molar-refractivity contribution in [2.75, 3.05) is 10.4 Å². The maximum atomic E-state index is 11.8. The van der Waals surface area contributed by atoms with Crippen LogP contribution >= 0.6 is 11.6 Å². The van der Waals surface area contributed by atoms with Crippen LogP contribution in [-0.4, -0.2) is 11.0 Å². The molecule has 8 heteroatoms. The van der Waals surface area contributed by atoms with E-state index >= 15 is 0 Å². The van der Waals surface area contributed by atoms with Crippen LogP contribution in [0.2, 0.25) is 5.02 Å². The van der Waals surface area contributed by atoms with E-state index < -0.39 is 11.0 Å². The van der Waals surface area contributed by atoms with E-state index in [1.54, 1.807) is 13.0 Å². The second-order valence-electron chi connectivity index (χ2n) is 5.01. The van der Waals surface area contributed by atoms with E-state index in [-0.39, 0.29) is 16.4 Å². The summed E-state index contributed by atoms with van der Waals surface area (Å²) in [5, 5.41) is 12.0. The van der Waals surface area contributed by atoms with Crippen molar-refractivity contribution in [2.24, 2.45) is 5.73 Å². The lowest BCUT2D eigenvalue weighted by atomic mass is 10.1. The van der Waals surface area contributed by atoms with Gasteiger partial charge < -0.3 is 5.73 Å². The van der Waals surface area contributed by atoms with Crippen molar-refractivity contribution < 1.29 is 9.72 Å². The van der Waals surface area contributed by atoms with E-state index in [2.05, 4.69) is 5.43 Å². The Hall–Kier alpha value is -2.80. The number of nitrogens with zero attached hydrogens (tertiary/aromatic N) is 2. The van der Waals surface area contributed by atoms with Gasteiger partial charge in [0, 0.05) is 12.1 Å². The summed E-state index contributed by atoms with van der Waals surface area (Å²) in [4.78, 5) is 22.1. The Bertz CT molecular complexity index is 756. The minimum absolute atomic E-state index is 0.0515. The van der Waals surface area contributed by atoms with Gasteiger partial charge in [-0.1, -0.05) is 23.7 Å². The molecule has 0 atom stereocenters. The summed E-state index contributed by atoms with van der Waals surface area (Å²) in [7, 11) is 0. The molecule has 0 fully saturated rings. The molecule has 0 aromatic heterocycles. The van der Waals surface area contributed by atoms with Crippen LogP contribution in [0.1, 0.15) is 11.1 Å². The van der Waals surface area contributed by atoms with E-state index in [9.17, 15) is 14.9 Å². The molecule has 2 rings (SSSR count). The first-order valence-corrected chi connectivity index (χ1v) is 7.05. The fraction of sp³-hybridized carbons (Fsp3) is 0.133. The second kappa shape index (κ2) is 6.53. The molecule has 0 aliphatic rings. The fourth-order valence-electron chi connectivity index (χ4n) is 2.17. The molecule has 0 heterocycles. The van der Waals surface area contributed by atoms with Crippen LogP contribution < -0.4 is 16.2 Å². The molecule has 2 aromatic carbocycles. The van der Waals surface area contributed by atoms with Gasteiger partial charge >= 0.3 is 6.03 Å². The van der Waals surface area contributed by atoms with Gasteiger partial charge in [0.15, 0.2) is 0 Å².